The Labute approximate surface area is 290 Å². The van der Waals surface area contributed by atoms with Gasteiger partial charge in [0.1, 0.15) is 5.60 Å². The van der Waals surface area contributed by atoms with E-state index in [-0.39, 0.29) is 0 Å². The lowest BCUT2D eigenvalue weighted by atomic mass is 10.2. The quantitative estimate of drug-likeness (QED) is 0.0935. The highest BCUT2D eigenvalue weighted by molar-refractivity contribution is 5.67. The molecule has 0 heterocycles. The molecule has 0 saturated heterocycles. The number of unbranched alkanes of at least 4 members (excludes halogenated alkanes) is 4. The predicted octanol–water partition coefficient (Wildman–Crippen LogP) is 3.66. The molecule has 0 atom stereocenters. The molecule has 14 heteroatoms. The first-order valence-electron chi connectivity index (χ1n) is 17.8. The van der Waals surface area contributed by atoms with E-state index in [1.54, 1.807) is 0 Å². The Balaban J connectivity index is 3.09. The molecule has 0 radical (unpaired) electrons. The van der Waals surface area contributed by atoms with Crippen molar-refractivity contribution in [2.75, 3.05) is 152 Å². The second-order valence-corrected chi connectivity index (χ2v) is 11.6. The van der Waals surface area contributed by atoms with E-state index < -0.39 is 11.7 Å². The maximum Gasteiger partial charge on any atom is 0.407 e. The van der Waals surface area contributed by atoms with Gasteiger partial charge in [0.15, 0.2) is 0 Å². The van der Waals surface area contributed by atoms with E-state index in [0.29, 0.717) is 145 Å². The largest absolute Gasteiger partial charge is 0.444 e. The van der Waals surface area contributed by atoms with Gasteiger partial charge < -0.3 is 62.2 Å². The lowest BCUT2D eigenvalue weighted by molar-refractivity contribution is -0.0275. The third-order valence-corrected chi connectivity index (χ3v) is 6.03. The SMILES string of the molecule is CCCCCCCOCCOCCOCCOCCOCCOCCOCCOCCOCCOCCOCCNC(=O)OC(C)(C)C. The summed E-state index contributed by atoms with van der Waals surface area (Å²) in [5, 5.41) is 2.63. The highest BCUT2D eigenvalue weighted by Crippen LogP contribution is 2.06. The van der Waals surface area contributed by atoms with Crippen LogP contribution in [0.1, 0.15) is 59.8 Å². The summed E-state index contributed by atoms with van der Waals surface area (Å²) in [7, 11) is 0. The summed E-state index contributed by atoms with van der Waals surface area (Å²) in [5.41, 5.74) is -0.510. The molecule has 1 amide bonds. The van der Waals surface area contributed by atoms with Crippen LogP contribution in [0.25, 0.3) is 0 Å². The fourth-order valence-corrected chi connectivity index (χ4v) is 3.65. The Bertz CT molecular complexity index is 641. The third-order valence-electron chi connectivity index (χ3n) is 6.03. The predicted molar refractivity (Wildman–Crippen MR) is 182 cm³/mol. The molecule has 0 aliphatic rings. The molecule has 0 fully saturated rings. The molecular weight excluding hydrogens is 630 g/mol. The third kappa shape index (κ3) is 42.9. The molecule has 0 aromatic heterocycles. The number of hydrogen-bond donors (Lipinski definition) is 1. The molecule has 0 unspecified atom stereocenters. The van der Waals surface area contributed by atoms with Crippen LogP contribution in [0.5, 0.6) is 0 Å². The van der Waals surface area contributed by atoms with Crippen LogP contribution in [-0.4, -0.2) is 164 Å². The van der Waals surface area contributed by atoms with Crippen molar-refractivity contribution in [3.63, 3.8) is 0 Å². The minimum atomic E-state index is -0.510. The van der Waals surface area contributed by atoms with E-state index in [1.807, 2.05) is 20.8 Å². The molecule has 0 saturated carbocycles. The number of ether oxygens (including phenoxy) is 12. The topological polar surface area (TPSA) is 140 Å². The van der Waals surface area contributed by atoms with Gasteiger partial charge in [-0.15, -0.1) is 0 Å². The number of hydrogen-bond acceptors (Lipinski definition) is 13. The van der Waals surface area contributed by atoms with Gasteiger partial charge >= 0.3 is 6.09 Å². The molecule has 14 nitrogen and oxygen atoms in total. The first-order valence-corrected chi connectivity index (χ1v) is 17.8. The van der Waals surface area contributed by atoms with Gasteiger partial charge in [-0.3, -0.25) is 0 Å². The van der Waals surface area contributed by atoms with Crippen LogP contribution < -0.4 is 5.32 Å². The van der Waals surface area contributed by atoms with Gasteiger partial charge in [-0.05, 0) is 27.2 Å². The zero-order valence-electron chi connectivity index (χ0n) is 30.6. The molecule has 0 bridgehead atoms. The van der Waals surface area contributed by atoms with Crippen LogP contribution >= 0.6 is 0 Å². The number of alkyl carbamates (subject to hydrolysis) is 1. The zero-order chi connectivity index (χ0) is 35.1. The summed E-state index contributed by atoms with van der Waals surface area (Å²) in [6.07, 6.45) is 5.81. The average molecular weight is 700 g/mol. The van der Waals surface area contributed by atoms with Gasteiger partial charge in [0.25, 0.3) is 0 Å². The van der Waals surface area contributed by atoms with Gasteiger partial charge in [-0.2, -0.15) is 0 Å². The second kappa shape index (κ2) is 38.6. The number of nitrogens with one attached hydrogen (secondary N) is 1. The Morgan fingerprint density at radius 2 is 0.667 bits per heavy atom. The van der Waals surface area contributed by atoms with E-state index in [1.165, 1.54) is 25.7 Å². The summed E-state index contributed by atoms with van der Waals surface area (Å²) in [5.74, 6) is 0. The van der Waals surface area contributed by atoms with Crippen LogP contribution in [0.2, 0.25) is 0 Å². The fraction of sp³-hybridized carbons (Fsp3) is 0.971. The van der Waals surface area contributed by atoms with Gasteiger partial charge in [0.2, 0.25) is 0 Å². The maximum atomic E-state index is 11.5. The van der Waals surface area contributed by atoms with E-state index in [0.717, 1.165) is 13.0 Å². The highest BCUT2D eigenvalue weighted by atomic mass is 16.6. The molecule has 288 valence electrons. The molecule has 0 aromatic rings. The molecule has 0 aromatic carbocycles. The van der Waals surface area contributed by atoms with Crippen LogP contribution in [-0.2, 0) is 56.8 Å². The van der Waals surface area contributed by atoms with Crippen molar-refractivity contribution in [1.29, 1.82) is 0 Å². The van der Waals surface area contributed by atoms with Crippen molar-refractivity contribution in [1.82, 2.24) is 5.32 Å². The smallest absolute Gasteiger partial charge is 0.407 e. The highest BCUT2D eigenvalue weighted by Gasteiger charge is 2.15. The summed E-state index contributed by atoms with van der Waals surface area (Å²) in [4.78, 5) is 11.5. The molecular formula is C34H69NO13. The number of amides is 1. The maximum absolute atomic E-state index is 11.5. The molecule has 0 aliphatic carbocycles. The molecule has 0 spiro atoms. The van der Waals surface area contributed by atoms with Crippen LogP contribution in [0.15, 0.2) is 0 Å². The summed E-state index contributed by atoms with van der Waals surface area (Å²) < 4.78 is 65.4. The summed E-state index contributed by atoms with van der Waals surface area (Å²) >= 11 is 0. The van der Waals surface area contributed by atoms with Gasteiger partial charge in [0.05, 0.1) is 139 Å². The van der Waals surface area contributed by atoms with Gasteiger partial charge in [-0.25, -0.2) is 4.79 Å². The van der Waals surface area contributed by atoms with Crippen LogP contribution in [0.4, 0.5) is 4.79 Å². The molecule has 48 heavy (non-hydrogen) atoms. The molecule has 1 N–H and O–H groups in total. The van der Waals surface area contributed by atoms with Crippen molar-refractivity contribution >= 4 is 6.09 Å². The van der Waals surface area contributed by atoms with Crippen LogP contribution in [0, 0.1) is 0 Å². The standard InChI is InChI=1S/C34H69NO13/c1-5-6-7-8-9-11-37-13-15-39-17-19-41-21-23-43-25-27-45-29-31-47-32-30-46-28-26-44-24-22-42-20-18-40-16-14-38-12-10-35-33(36)48-34(2,3)4/h5-32H2,1-4H3,(H,35,36). The van der Waals surface area contributed by atoms with E-state index >= 15 is 0 Å². The lowest BCUT2D eigenvalue weighted by Gasteiger charge is -2.19. The minimum Gasteiger partial charge on any atom is -0.444 e. The number of carbonyl (C=O) groups excluding carboxylic acids is 1. The Hall–Kier alpha value is -1.17. The summed E-state index contributed by atoms with van der Waals surface area (Å²) in [6.45, 7) is 19.6. The van der Waals surface area contributed by atoms with Crippen molar-refractivity contribution in [2.24, 2.45) is 0 Å². The van der Waals surface area contributed by atoms with E-state index in [2.05, 4.69) is 12.2 Å². The van der Waals surface area contributed by atoms with Crippen molar-refractivity contribution in [2.45, 2.75) is 65.4 Å². The fourth-order valence-electron chi connectivity index (χ4n) is 3.65. The first kappa shape index (κ1) is 46.8. The minimum absolute atomic E-state index is 0.385. The number of carbonyl (C=O) groups is 1. The van der Waals surface area contributed by atoms with Gasteiger partial charge in [-0.1, -0.05) is 32.6 Å². The Kier molecular flexibility index (Phi) is 37.7. The lowest BCUT2D eigenvalue weighted by Crippen LogP contribution is -2.34. The average Bonchev–Trinajstić information content (AvgIpc) is 3.05. The Morgan fingerprint density at radius 3 is 0.958 bits per heavy atom. The normalized spacial score (nSPS) is 11.8. The van der Waals surface area contributed by atoms with Crippen molar-refractivity contribution in [3.05, 3.63) is 0 Å². The summed E-state index contributed by atoms with van der Waals surface area (Å²) in [6, 6.07) is 0. The van der Waals surface area contributed by atoms with Crippen molar-refractivity contribution in [3.8, 4) is 0 Å². The van der Waals surface area contributed by atoms with E-state index in [9.17, 15) is 4.79 Å². The molecule has 0 aliphatic heterocycles. The zero-order valence-corrected chi connectivity index (χ0v) is 30.6. The van der Waals surface area contributed by atoms with Gasteiger partial charge in [0, 0.05) is 13.2 Å². The van der Waals surface area contributed by atoms with E-state index in [4.69, 9.17) is 56.8 Å². The molecule has 0 rings (SSSR count). The second-order valence-electron chi connectivity index (χ2n) is 11.6. The monoisotopic (exact) mass is 699 g/mol. The van der Waals surface area contributed by atoms with Crippen molar-refractivity contribution < 1.29 is 61.6 Å². The number of rotatable bonds is 39. The van der Waals surface area contributed by atoms with Crippen LogP contribution in [0.3, 0.4) is 0 Å². The first-order chi connectivity index (χ1) is 23.5. The Morgan fingerprint density at radius 1 is 0.396 bits per heavy atom.